The number of fused-ring (bicyclic) bond motifs is 2. The van der Waals surface area contributed by atoms with Gasteiger partial charge in [0.05, 0.1) is 15.1 Å². The summed E-state index contributed by atoms with van der Waals surface area (Å²) in [6, 6.07) is 12.3. The summed E-state index contributed by atoms with van der Waals surface area (Å²) in [5.41, 5.74) is 3.00. The topological polar surface area (TPSA) is 61.5 Å². The van der Waals surface area contributed by atoms with Crippen LogP contribution in [0.3, 0.4) is 0 Å². The van der Waals surface area contributed by atoms with Crippen LogP contribution in [-0.2, 0) is 0 Å². The predicted octanol–water partition coefficient (Wildman–Crippen LogP) is 4.65. The molecule has 1 saturated heterocycles. The van der Waals surface area contributed by atoms with E-state index in [0.29, 0.717) is 10.9 Å². The quantitative estimate of drug-likeness (QED) is 0.522. The Balaban J connectivity index is 1.42. The zero-order valence-electron chi connectivity index (χ0n) is 17.3. The van der Waals surface area contributed by atoms with Crippen LogP contribution >= 0.6 is 11.3 Å². The van der Waals surface area contributed by atoms with E-state index in [4.69, 9.17) is 4.74 Å². The summed E-state index contributed by atoms with van der Waals surface area (Å²) in [6.45, 7) is 3.61. The third kappa shape index (κ3) is 3.44. The van der Waals surface area contributed by atoms with Gasteiger partial charge in [0, 0.05) is 48.0 Å². The largest absolute Gasteiger partial charge is 0.456 e. The number of likely N-dealkylation sites (tertiary alicyclic amines) is 1. The Kier molecular flexibility index (Phi) is 4.72. The fraction of sp³-hybridized carbons (Fsp3) is 0.304. The molecule has 0 aliphatic carbocycles. The maximum atomic E-state index is 13.0. The number of nitrogens with zero attached hydrogens (tertiary/aromatic N) is 3. The Morgan fingerprint density at radius 2 is 2.13 bits per heavy atom. The number of thiophene rings is 1. The molecular weight excluding hydrogens is 396 g/mol. The molecule has 1 N–H and O–H groups in total. The molecule has 0 saturated carbocycles. The van der Waals surface area contributed by atoms with Gasteiger partial charge in [-0.25, -0.2) is 0 Å². The summed E-state index contributed by atoms with van der Waals surface area (Å²) in [7, 11) is 4.13. The minimum absolute atomic E-state index is 0.0810. The number of ether oxygens (including phenoxy) is 1. The van der Waals surface area contributed by atoms with Gasteiger partial charge in [0.15, 0.2) is 0 Å². The lowest BCUT2D eigenvalue weighted by atomic mass is 10.2. The van der Waals surface area contributed by atoms with E-state index in [1.54, 1.807) is 6.20 Å². The molecule has 30 heavy (non-hydrogen) atoms. The highest BCUT2D eigenvalue weighted by Crippen LogP contribution is 2.36. The van der Waals surface area contributed by atoms with Crippen LogP contribution in [0.2, 0.25) is 0 Å². The maximum absolute atomic E-state index is 13.0. The Morgan fingerprint density at radius 3 is 2.93 bits per heavy atom. The number of aromatic amines is 1. The van der Waals surface area contributed by atoms with Gasteiger partial charge >= 0.3 is 0 Å². The van der Waals surface area contributed by atoms with Crippen LogP contribution in [-0.4, -0.2) is 58.9 Å². The van der Waals surface area contributed by atoms with E-state index in [0.717, 1.165) is 57.8 Å². The van der Waals surface area contributed by atoms with Gasteiger partial charge in [0.2, 0.25) is 0 Å². The predicted molar refractivity (Wildman–Crippen MR) is 121 cm³/mol. The molecule has 0 unspecified atom stereocenters. The lowest BCUT2D eigenvalue weighted by Crippen LogP contribution is -2.34. The first-order chi connectivity index (χ1) is 14.5. The SMILES string of the molecule is Cc1cc2cc(Oc3ccnc4cc(C(=O)N5CC[C@@H](N(C)C)C5)sc34)ccc2[nH]1. The fourth-order valence-electron chi connectivity index (χ4n) is 4.05. The molecule has 1 aromatic carbocycles. The Morgan fingerprint density at radius 1 is 1.27 bits per heavy atom. The summed E-state index contributed by atoms with van der Waals surface area (Å²) in [5, 5.41) is 1.11. The van der Waals surface area contributed by atoms with E-state index in [2.05, 4.69) is 35.0 Å². The van der Waals surface area contributed by atoms with Crippen molar-refractivity contribution in [3.8, 4) is 11.5 Å². The Labute approximate surface area is 179 Å². The monoisotopic (exact) mass is 420 g/mol. The zero-order valence-corrected chi connectivity index (χ0v) is 18.1. The van der Waals surface area contributed by atoms with Crippen LogP contribution in [0.25, 0.3) is 21.1 Å². The minimum atomic E-state index is 0.0810. The molecule has 1 amide bonds. The zero-order chi connectivity index (χ0) is 20.8. The number of aryl methyl sites for hydroxylation is 1. The van der Waals surface area contributed by atoms with Crippen LogP contribution in [0.15, 0.2) is 42.6 Å². The molecule has 0 radical (unpaired) electrons. The van der Waals surface area contributed by atoms with Gasteiger partial charge in [-0.15, -0.1) is 11.3 Å². The number of H-pyrrole nitrogens is 1. The fourth-order valence-corrected chi connectivity index (χ4v) is 5.08. The number of pyridine rings is 1. The van der Waals surface area contributed by atoms with E-state index in [1.807, 2.05) is 42.2 Å². The molecule has 1 aliphatic heterocycles. The van der Waals surface area contributed by atoms with Crippen molar-refractivity contribution in [1.29, 1.82) is 0 Å². The van der Waals surface area contributed by atoms with Gasteiger partial charge in [-0.05, 0) is 57.8 Å². The molecular formula is C23H24N4O2S. The maximum Gasteiger partial charge on any atom is 0.264 e. The highest BCUT2D eigenvalue weighted by atomic mass is 32.1. The molecule has 1 fully saturated rings. The van der Waals surface area contributed by atoms with E-state index >= 15 is 0 Å². The van der Waals surface area contributed by atoms with Gasteiger partial charge in [0.25, 0.3) is 5.91 Å². The molecule has 7 heteroatoms. The van der Waals surface area contributed by atoms with Crippen LogP contribution in [0.4, 0.5) is 0 Å². The van der Waals surface area contributed by atoms with E-state index < -0.39 is 0 Å². The number of hydrogen-bond acceptors (Lipinski definition) is 5. The van der Waals surface area contributed by atoms with E-state index in [9.17, 15) is 4.79 Å². The van der Waals surface area contributed by atoms with Crippen molar-refractivity contribution in [1.82, 2.24) is 19.8 Å². The van der Waals surface area contributed by atoms with Crippen molar-refractivity contribution < 1.29 is 9.53 Å². The average Bonchev–Trinajstić information content (AvgIpc) is 3.44. The smallest absolute Gasteiger partial charge is 0.264 e. The Hall–Kier alpha value is -2.90. The molecule has 0 bridgehead atoms. The number of aromatic nitrogens is 2. The number of rotatable bonds is 4. The van der Waals surface area contributed by atoms with Crippen molar-refractivity contribution in [2.45, 2.75) is 19.4 Å². The minimum Gasteiger partial charge on any atom is -0.456 e. The second-order valence-corrected chi connectivity index (χ2v) is 9.15. The van der Waals surface area contributed by atoms with Gasteiger partial charge in [-0.3, -0.25) is 9.78 Å². The third-order valence-electron chi connectivity index (χ3n) is 5.72. The standard InChI is InChI=1S/C23H24N4O2S/c1-14-10-15-11-17(4-5-18(15)25-14)29-20-6-8-24-19-12-21(30-22(19)20)23(28)27-9-7-16(13-27)26(2)3/h4-6,8,10-12,16,25H,7,9,13H2,1-3H3/t16-/m1/s1. The molecule has 1 atom stereocenters. The molecule has 154 valence electrons. The lowest BCUT2D eigenvalue weighted by Gasteiger charge is -2.19. The van der Waals surface area contributed by atoms with Gasteiger partial charge in [0.1, 0.15) is 11.5 Å². The normalized spacial score (nSPS) is 16.8. The van der Waals surface area contributed by atoms with E-state index in [-0.39, 0.29) is 5.91 Å². The van der Waals surface area contributed by atoms with Crippen LogP contribution < -0.4 is 4.74 Å². The van der Waals surface area contributed by atoms with Crippen molar-refractivity contribution in [3.05, 3.63) is 53.2 Å². The van der Waals surface area contributed by atoms with Crippen molar-refractivity contribution in [3.63, 3.8) is 0 Å². The van der Waals surface area contributed by atoms with Crippen LogP contribution in [0.5, 0.6) is 11.5 Å². The van der Waals surface area contributed by atoms with Crippen LogP contribution in [0, 0.1) is 6.92 Å². The number of benzene rings is 1. The number of likely N-dealkylation sites (N-methyl/N-ethyl adjacent to an activating group) is 1. The average molecular weight is 421 g/mol. The molecule has 3 aromatic heterocycles. The highest BCUT2D eigenvalue weighted by molar-refractivity contribution is 7.21. The molecule has 5 rings (SSSR count). The third-order valence-corrected chi connectivity index (χ3v) is 6.85. The lowest BCUT2D eigenvalue weighted by molar-refractivity contribution is 0.0788. The summed E-state index contributed by atoms with van der Waals surface area (Å²) in [6.07, 6.45) is 2.74. The summed E-state index contributed by atoms with van der Waals surface area (Å²) in [4.78, 5) is 25.7. The first kappa shape index (κ1) is 19.1. The van der Waals surface area contributed by atoms with E-state index in [1.165, 1.54) is 11.3 Å². The molecule has 1 aliphatic rings. The first-order valence-electron chi connectivity index (χ1n) is 10.1. The van der Waals surface area contributed by atoms with Crippen LogP contribution in [0.1, 0.15) is 21.8 Å². The van der Waals surface area contributed by atoms with Gasteiger partial charge < -0.3 is 19.5 Å². The second-order valence-electron chi connectivity index (χ2n) is 8.09. The first-order valence-corrected chi connectivity index (χ1v) is 10.9. The van der Waals surface area contributed by atoms with Gasteiger partial charge in [-0.2, -0.15) is 0 Å². The highest BCUT2D eigenvalue weighted by Gasteiger charge is 2.29. The number of nitrogens with one attached hydrogen (secondary N) is 1. The molecule has 0 spiro atoms. The second kappa shape index (κ2) is 7.41. The van der Waals surface area contributed by atoms with Gasteiger partial charge in [-0.1, -0.05) is 0 Å². The number of amides is 1. The molecule has 4 aromatic rings. The Bertz CT molecular complexity index is 1240. The number of carbonyl (C=O) groups excluding carboxylic acids is 1. The molecule has 6 nitrogen and oxygen atoms in total. The van der Waals surface area contributed by atoms with Crippen molar-refractivity contribution in [2.24, 2.45) is 0 Å². The number of carbonyl (C=O) groups is 1. The van der Waals surface area contributed by atoms with Crippen molar-refractivity contribution >= 4 is 38.4 Å². The summed E-state index contributed by atoms with van der Waals surface area (Å²) >= 11 is 1.46. The summed E-state index contributed by atoms with van der Waals surface area (Å²) < 4.78 is 7.10. The number of hydrogen-bond donors (Lipinski definition) is 1. The van der Waals surface area contributed by atoms with Crippen molar-refractivity contribution in [2.75, 3.05) is 27.2 Å². The molecule has 4 heterocycles. The summed E-state index contributed by atoms with van der Waals surface area (Å²) in [5.74, 6) is 1.57.